The Hall–Kier alpha value is -0.333. The zero-order chi connectivity index (χ0) is 15.1. The second-order valence-corrected chi connectivity index (χ2v) is 9.24. The Morgan fingerprint density at radius 3 is 2.48 bits per heavy atom. The van der Waals surface area contributed by atoms with Gasteiger partial charge in [-0.1, -0.05) is 30.8 Å². The summed E-state index contributed by atoms with van der Waals surface area (Å²) in [6.45, 7) is 9.30. The van der Waals surface area contributed by atoms with Gasteiger partial charge in [0.2, 0.25) is 0 Å². The van der Waals surface area contributed by atoms with Gasteiger partial charge in [0.1, 0.15) is 0 Å². The Morgan fingerprint density at radius 1 is 1.05 bits per heavy atom. The van der Waals surface area contributed by atoms with Crippen molar-refractivity contribution in [1.29, 1.82) is 0 Å². The lowest BCUT2D eigenvalue weighted by atomic mass is 10.4. The molecule has 0 atom stereocenters. The minimum absolute atomic E-state index is 0.705. The predicted octanol–water partition coefficient (Wildman–Crippen LogP) is 3.69. The third kappa shape index (κ3) is 4.33. The van der Waals surface area contributed by atoms with E-state index in [2.05, 4.69) is 39.0 Å². The van der Waals surface area contributed by atoms with E-state index in [0.717, 1.165) is 32.1 Å². The molecule has 1 aromatic carbocycles. The maximum Gasteiger partial charge on any atom is 0.373 e. The second-order valence-electron chi connectivity index (χ2n) is 5.07. The number of benzene rings is 1. The normalized spacial score (nSPS) is 13.3. The highest BCUT2D eigenvalue weighted by Gasteiger charge is 2.44. The van der Waals surface area contributed by atoms with Gasteiger partial charge in [-0.2, -0.15) is 0 Å². The number of rotatable bonds is 11. The van der Waals surface area contributed by atoms with Crippen molar-refractivity contribution in [3.63, 3.8) is 0 Å². The molecular weight excluding hydrogens is 300 g/mol. The highest BCUT2D eigenvalue weighted by Crippen LogP contribution is 2.47. The number of hydrogen-bond acceptors (Lipinski definition) is 4. The Kier molecular flexibility index (Phi) is 6.76. The topological polar surface area (TPSA) is 27.7 Å². The van der Waals surface area contributed by atoms with Crippen molar-refractivity contribution in [3.05, 3.63) is 18.2 Å². The van der Waals surface area contributed by atoms with E-state index in [9.17, 15) is 0 Å². The number of hydrogen-bond donors (Lipinski definition) is 0. The molecule has 2 rings (SSSR count). The molecule has 0 aliphatic carbocycles. The molecule has 0 N–H and O–H groups in total. The third-order valence-electron chi connectivity index (χ3n) is 3.46. The van der Waals surface area contributed by atoms with Crippen LogP contribution < -0.4 is 5.19 Å². The lowest BCUT2D eigenvalue weighted by Gasteiger charge is -2.30. The third-order valence-corrected chi connectivity index (χ3v) is 8.40. The van der Waals surface area contributed by atoms with Crippen LogP contribution in [0, 0.1) is 0 Å². The fourth-order valence-corrected chi connectivity index (χ4v) is 7.29. The fraction of sp³-hybridized carbons (Fsp3) is 0.625. The molecule has 118 valence electrons. The Morgan fingerprint density at radius 2 is 1.81 bits per heavy atom. The van der Waals surface area contributed by atoms with Crippen molar-refractivity contribution >= 4 is 25.5 Å². The van der Waals surface area contributed by atoms with Crippen LogP contribution >= 0.6 is 11.8 Å². The molecule has 0 unspecified atom stereocenters. The Bertz CT molecular complexity index is 447. The van der Waals surface area contributed by atoms with E-state index < -0.39 is 8.56 Å². The molecule has 0 aromatic heterocycles. The quantitative estimate of drug-likeness (QED) is 0.358. The molecule has 0 radical (unpaired) electrons. The predicted molar refractivity (Wildman–Crippen MR) is 89.7 cm³/mol. The van der Waals surface area contributed by atoms with Crippen molar-refractivity contribution in [3.8, 4) is 0 Å². The van der Waals surface area contributed by atoms with Gasteiger partial charge in [-0.3, -0.25) is 0 Å². The van der Waals surface area contributed by atoms with Gasteiger partial charge in [-0.15, -0.1) is 0 Å². The molecule has 1 aliphatic rings. The van der Waals surface area contributed by atoms with Crippen molar-refractivity contribution in [1.82, 2.24) is 0 Å². The molecule has 1 aromatic rings. The van der Waals surface area contributed by atoms with Crippen molar-refractivity contribution in [2.24, 2.45) is 0 Å². The maximum atomic E-state index is 6.22. The van der Waals surface area contributed by atoms with Crippen LogP contribution in [0.5, 0.6) is 0 Å². The monoisotopic (exact) mass is 326 g/mol. The van der Waals surface area contributed by atoms with Crippen LogP contribution in [0.15, 0.2) is 28.0 Å². The van der Waals surface area contributed by atoms with Crippen LogP contribution in [0.25, 0.3) is 0 Å². The molecule has 3 nitrogen and oxygen atoms in total. The summed E-state index contributed by atoms with van der Waals surface area (Å²) >= 11 is 1.85. The van der Waals surface area contributed by atoms with Gasteiger partial charge in [-0.05, 0) is 38.8 Å². The standard InChI is InChI=1S/C16H26O3SSi/c1-4-11-17-12-8-13-21(18-5-2,19-6-3)15-10-7-9-14-16(15)20-14/h7,9-10H,4-6,8,11-13H2,1-3H3. The van der Waals surface area contributed by atoms with Gasteiger partial charge in [-0.25, -0.2) is 0 Å². The molecule has 21 heavy (non-hydrogen) atoms. The summed E-state index contributed by atoms with van der Waals surface area (Å²) in [7, 11) is -2.33. The summed E-state index contributed by atoms with van der Waals surface area (Å²) < 4.78 is 18.1. The first-order valence-electron chi connectivity index (χ1n) is 7.94. The smallest absolute Gasteiger partial charge is 0.373 e. The molecule has 0 saturated carbocycles. The van der Waals surface area contributed by atoms with Gasteiger partial charge in [0, 0.05) is 41.4 Å². The van der Waals surface area contributed by atoms with Gasteiger partial charge < -0.3 is 13.6 Å². The summed E-state index contributed by atoms with van der Waals surface area (Å²) in [5, 5.41) is 1.32. The largest absolute Gasteiger partial charge is 0.391 e. The molecular formula is C16H26O3SSi. The Balaban J connectivity index is 2.08. The van der Waals surface area contributed by atoms with Gasteiger partial charge >= 0.3 is 8.56 Å². The van der Waals surface area contributed by atoms with Crippen LogP contribution in [0.4, 0.5) is 0 Å². The fourth-order valence-electron chi connectivity index (χ4n) is 2.59. The first kappa shape index (κ1) is 17.0. The van der Waals surface area contributed by atoms with Crippen molar-refractivity contribution in [2.75, 3.05) is 26.4 Å². The van der Waals surface area contributed by atoms with E-state index in [1.165, 1.54) is 15.0 Å². The maximum absolute atomic E-state index is 6.22. The summed E-state index contributed by atoms with van der Waals surface area (Å²) in [4.78, 5) is 2.77. The summed E-state index contributed by atoms with van der Waals surface area (Å²) in [6.07, 6.45) is 2.07. The molecule has 0 amide bonds. The SMILES string of the molecule is CCCOCCC[Si](OCC)(OCC)c1cccc2c1S2. The average molecular weight is 327 g/mol. The lowest BCUT2D eigenvalue weighted by Crippen LogP contribution is -2.54. The zero-order valence-corrected chi connectivity index (χ0v) is 15.1. The van der Waals surface area contributed by atoms with E-state index in [1.54, 1.807) is 0 Å². The zero-order valence-electron chi connectivity index (χ0n) is 13.3. The number of fused-ring (bicyclic) bond motifs is 1. The summed E-state index contributed by atoms with van der Waals surface area (Å²) in [5.74, 6) is 0. The van der Waals surface area contributed by atoms with Gasteiger partial charge in [0.25, 0.3) is 0 Å². The molecule has 5 heteroatoms. The molecule has 0 saturated heterocycles. The highest BCUT2D eigenvalue weighted by molar-refractivity contribution is 8.05. The highest BCUT2D eigenvalue weighted by atomic mass is 32.2. The van der Waals surface area contributed by atoms with Gasteiger partial charge in [0.15, 0.2) is 0 Å². The van der Waals surface area contributed by atoms with E-state index in [-0.39, 0.29) is 0 Å². The first-order chi connectivity index (χ1) is 10.3. The number of ether oxygens (including phenoxy) is 1. The van der Waals surface area contributed by atoms with Crippen molar-refractivity contribution in [2.45, 2.75) is 49.4 Å². The molecule has 1 heterocycles. The minimum Gasteiger partial charge on any atom is -0.391 e. The van der Waals surface area contributed by atoms with Crippen LogP contribution in [-0.2, 0) is 13.6 Å². The molecule has 0 bridgehead atoms. The van der Waals surface area contributed by atoms with Crippen LogP contribution in [0.1, 0.15) is 33.6 Å². The lowest BCUT2D eigenvalue weighted by molar-refractivity contribution is 0.130. The molecule has 0 fully saturated rings. The molecule has 0 spiro atoms. The van der Waals surface area contributed by atoms with E-state index >= 15 is 0 Å². The van der Waals surface area contributed by atoms with Crippen LogP contribution in [-0.4, -0.2) is 35.0 Å². The molecule has 1 aliphatic heterocycles. The van der Waals surface area contributed by atoms with E-state index in [1.807, 2.05) is 11.8 Å². The van der Waals surface area contributed by atoms with E-state index in [0.29, 0.717) is 13.2 Å². The summed E-state index contributed by atoms with van der Waals surface area (Å²) in [5.41, 5.74) is 0. The van der Waals surface area contributed by atoms with Crippen LogP contribution in [0.3, 0.4) is 0 Å². The van der Waals surface area contributed by atoms with Crippen molar-refractivity contribution < 1.29 is 13.6 Å². The van der Waals surface area contributed by atoms with Crippen LogP contribution in [0.2, 0.25) is 6.04 Å². The first-order valence-corrected chi connectivity index (χ1v) is 10.8. The minimum atomic E-state index is -2.33. The average Bonchev–Trinajstić information content (AvgIpc) is 3.26. The van der Waals surface area contributed by atoms with Gasteiger partial charge in [0.05, 0.1) is 0 Å². The Labute approximate surface area is 133 Å². The van der Waals surface area contributed by atoms with E-state index in [4.69, 9.17) is 13.6 Å². The second kappa shape index (κ2) is 8.34. The summed E-state index contributed by atoms with van der Waals surface area (Å²) in [6, 6.07) is 7.46.